The van der Waals surface area contributed by atoms with Gasteiger partial charge in [0.1, 0.15) is 0 Å². The molecule has 16 heavy (non-hydrogen) atoms. The highest BCUT2D eigenvalue weighted by atomic mass is 19.3. The van der Waals surface area contributed by atoms with Crippen LogP contribution in [0.2, 0.25) is 0 Å². The molecule has 1 unspecified atom stereocenters. The number of rotatable bonds is 2. The molecule has 94 valence electrons. The standard InChI is InChI=1S/C10H18F2N2O2/c1-8(2,3)14-7(16)6(15)9(13)4-10(11,12)5-9/h6,15H,4-5,13H2,1-3H3,(H,14,16). The predicted octanol–water partition coefficient (Wildman–Crippen LogP) is 0.389. The van der Waals surface area contributed by atoms with Gasteiger partial charge in [-0.2, -0.15) is 0 Å². The minimum absolute atomic E-state index is 0.527. The van der Waals surface area contributed by atoms with Crippen molar-refractivity contribution in [3.8, 4) is 0 Å². The van der Waals surface area contributed by atoms with Gasteiger partial charge in [-0.3, -0.25) is 4.79 Å². The molecule has 0 heterocycles. The zero-order valence-corrected chi connectivity index (χ0v) is 9.68. The summed E-state index contributed by atoms with van der Waals surface area (Å²) < 4.78 is 25.3. The Morgan fingerprint density at radius 3 is 2.19 bits per heavy atom. The van der Waals surface area contributed by atoms with E-state index in [1.165, 1.54) is 0 Å². The number of carbonyl (C=O) groups is 1. The van der Waals surface area contributed by atoms with Gasteiger partial charge < -0.3 is 16.2 Å². The SMILES string of the molecule is CC(C)(C)NC(=O)C(O)C1(N)CC(F)(F)C1. The van der Waals surface area contributed by atoms with Crippen LogP contribution in [0.1, 0.15) is 33.6 Å². The molecule has 1 amide bonds. The van der Waals surface area contributed by atoms with Crippen molar-refractivity contribution in [3.63, 3.8) is 0 Å². The number of amides is 1. The summed E-state index contributed by atoms with van der Waals surface area (Å²) in [6.07, 6.45) is -2.90. The fourth-order valence-corrected chi connectivity index (χ4v) is 1.80. The van der Waals surface area contributed by atoms with Crippen molar-refractivity contribution in [2.75, 3.05) is 0 Å². The molecule has 4 nitrogen and oxygen atoms in total. The van der Waals surface area contributed by atoms with Gasteiger partial charge in [-0.25, -0.2) is 8.78 Å². The topological polar surface area (TPSA) is 75.3 Å². The highest BCUT2D eigenvalue weighted by Crippen LogP contribution is 2.45. The monoisotopic (exact) mass is 236 g/mol. The number of hydrogen-bond acceptors (Lipinski definition) is 3. The maximum atomic E-state index is 12.7. The van der Waals surface area contributed by atoms with E-state index in [1.807, 2.05) is 0 Å². The molecule has 1 aliphatic carbocycles. The lowest BCUT2D eigenvalue weighted by atomic mass is 9.70. The summed E-state index contributed by atoms with van der Waals surface area (Å²) >= 11 is 0. The molecule has 1 rings (SSSR count). The molecule has 1 atom stereocenters. The summed E-state index contributed by atoms with van der Waals surface area (Å²) in [6, 6.07) is 0. The molecule has 1 saturated carbocycles. The van der Waals surface area contributed by atoms with E-state index in [9.17, 15) is 18.7 Å². The lowest BCUT2D eigenvalue weighted by Gasteiger charge is -2.46. The summed E-state index contributed by atoms with van der Waals surface area (Å²) in [5.41, 5.74) is 3.52. The molecule has 0 aliphatic heterocycles. The van der Waals surface area contributed by atoms with Crippen molar-refractivity contribution in [1.82, 2.24) is 5.32 Å². The average molecular weight is 236 g/mol. The molecule has 6 heteroatoms. The zero-order valence-electron chi connectivity index (χ0n) is 9.68. The fourth-order valence-electron chi connectivity index (χ4n) is 1.80. The van der Waals surface area contributed by atoms with Crippen molar-refractivity contribution in [1.29, 1.82) is 0 Å². The number of nitrogens with one attached hydrogen (secondary N) is 1. The third kappa shape index (κ3) is 2.89. The maximum absolute atomic E-state index is 12.7. The molecule has 1 fully saturated rings. The smallest absolute Gasteiger partial charge is 0.251 e. The first-order valence-electron chi connectivity index (χ1n) is 5.12. The minimum atomic E-state index is -2.86. The van der Waals surface area contributed by atoms with Crippen LogP contribution in [0.25, 0.3) is 0 Å². The molecule has 0 saturated heterocycles. The van der Waals surface area contributed by atoms with E-state index in [2.05, 4.69) is 5.32 Å². The van der Waals surface area contributed by atoms with E-state index in [0.717, 1.165) is 0 Å². The lowest BCUT2D eigenvalue weighted by Crippen LogP contribution is -2.68. The van der Waals surface area contributed by atoms with Gasteiger partial charge >= 0.3 is 0 Å². The highest BCUT2D eigenvalue weighted by molar-refractivity contribution is 5.83. The second kappa shape index (κ2) is 3.63. The van der Waals surface area contributed by atoms with Gasteiger partial charge in [0.15, 0.2) is 6.10 Å². The van der Waals surface area contributed by atoms with Crippen LogP contribution in [-0.2, 0) is 4.79 Å². The first kappa shape index (κ1) is 13.3. The van der Waals surface area contributed by atoms with E-state index in [1.54, 1.807) is 20.8 Å². The first-order chi connectivity index (χ1) is 6.95. The van der Waals surface area contributed by atoms with Crippen molar-refractivity contribution < 1.29 is 18.7 Å². The van der Waals surface area contributed by atoms with E-state index < -0.39 is 41.9 Å². The molecule has 0 radical (unpaired) electrons. The van der Waals surface area contributed by atoms with Crippen LogP contribution in [0.5, 0.6) is 0 Å². The number of alkyl halides is 2. The van der Waals surface area contributed by atoms with Crippen LogP contribution in [0.15, 0.2) is 0 Å². The first-order valence-corrected chi connectivity index (χ1v) is 5.12. The van der Waals surface area contributed by atoms with Crippen LogP contribution in [0, 0.1) is 0 Å². The summed E-state index contributed by atoms with van der Waals surface area (Å²) in [5, 5.41) is 12.1. The normalized spacial score (nSPS) is 24.4. The highest BCUT2D eigenvalue weighted by Gasteiger charge is 2.59. The predicted molar refractivity (Wildman–Crippen MR) is 55.0 cm³/mol. The van der Waals surface area contributed by atoms with Gasteiger partial charge in [-0.05, 0) is 20.8 Å². The summed E-state index contributed by atoms with van der Waals surface area (Å²) in [5.74, 6) is -3.57. The van der Waals surface area contributed by atoms with E-state index >= 15 is 0 Å². The molecule has 0 aromatic carbocycles. The second-order valence-corrected chi connectivity index (χ2v) is 5.58. The Kier molecular flexibility index (Phi) is 3.02. The van der Waals surface area contributed by atoms with Crippen LogP contribution in [0.4, 0.5) is 8.78 Å². The van der Waals surface area contributed by atoms with E-state index in [4.69, 9.17) is 5.73 Å². The molecule has 1 aliphatic rings. The van der Waals surface area contributed by atoms with Crippen molar-refractivity contribution in [3.05, 3.63) is 0 Å². The molecule has 4 N–H and O–H groups in total. The average Bonchev–Trinajstić information content (AvgIpc) is 1.95. The van der Waals surface area contributed by atoms with E-state index in [-0.39, 0.29) is 0 Å². The van der Waals surface area contributed by atoms with Crippen LogP contribution < -0.4 is 11.1 Å². The number of aliphatic hydroxyl groups excluding tert-OH is 1. The van der Waals surface area contributed by atoms with Crippen molar-refractivity contribution in [2.24, 2.45) is 5.73 Å². The largest absolute Gasteiger partial charge is 0.381 e. The third-order valence-corrected chi connectivity index (χ3v) is 2.47. The number of nitrogens with two attached hydrogens (primary N) is 1. The molecule has 0 aromatic heterocycles. The van der Waals surface area contributed by atoms with Crippen LogP contribution in [-0.4, -0.2) is 34.1 Å². The number of carbonyl (C=O) groups excluding carboxylic acids is 1. The lowest BCUT2D eigenvalue weighted by molar-refractivity contribution is -0.167. The zero-order chi connectivity index (χ0) is 12.8. The molecular weight excluding hydrogens is 218 g/mol. The van der Waals surface area contributed by atoms with Gasteiger partial charge in [-0.15, -0.1) is 0 Å². The minimum Gasteiger partial charge on any atom is -0.381 e. The van der Waals surface area contributed by atoms with Crippen LogP contribution in [0.3, 0.4) is 0 Å². The van der Waals surface area contributed by atoms with Crippen molar-refractivity contribution >= 4 is 5.91 Å². The Morgan fingerprint density at radius 2 is 1.88 bits per heavy atom. The molecule has 0 spiro atoms. The van der Waals surface area contributed by atoms with Crippen molar-refractivity contribution in [2.45, 2.75) is 56.7 Å². The van der Waals surface area contributed by atoms with Gasteiger partial charge in [0.2, 0.25) is 0 Å². The molecule has 0 bridgehead atoms. The van der Waals surface area contributed by atoms with Gasteiger partial charge in [-0.1, -0.05) is 0 Å². The summed E-state index contributed by atoms with van der Waals surface area (Å²) in [6.45, 7) is 5.20. The number of hydrogen-bond donors (Lipinski definition) is 3. The quantitative estimate of drug-likeness (QED) is 0.649. The fraction of sp³-hybridized carbons (Fsp3) is 0.900. The third-order valence-electron chi connectivity index (χ3n) is 2.47. The van der Waals surface area contributed by atoms with Gasteiger partial charge in [0.25, 0.3) is 11.8 Å². The number of halogens is 2. The number of aliphatic hydroxyl groups is 1. The Morgan fingerprint density at radius 1 is 1.44 bits per heavy atom. The summed E-state index contributed by atoms with van der Waals surface area (Å²) in [4.78, 5) is 11.5. The van der Waals surface area contributed by atoms with Gasteiger partial charge in [0.05, 0.1) is 5.54 Å². The Bertz CT molecular complexity index is 292. The second-order valence-electron chi connectivity index (χ2n) is 5.58. The Labute approximate surface area is 93.2 Å². The maximum Gasteiger partial charge on any atom is 0.251 e. The Hall–Kier alpha value is -0.750. The van der Waals surface area contributed by atoms with E-state index in [0.29, 0.717) is 0 Å². The van der Waals surface area contributed by atoms with Crippen LogP contribution >= 0.6 is 0 Å². The summed E-state index contributed by atoms with van der Waals surface area (Å²) in [7, 11) is 0. The molecular formula is C10H18F2N2O2. The Balaban J connectivity index is 2.59. The molecule has 0 aromatic rings. The van der Waals surface area contributed by atoms with Gasteiger partial charge in [0, 0.05) is 18.4 Å².